The van der Waals surface area contributed by atoms with Crippen molar-refractivity contribution in [3.8, 4) is 11.5 Å². The topological polar surface area (TPSA) is 101 Å². The molecule has 0 unspecified atom stereocenters. The first kappa shape index (κ1) is 9.63. The van der Waals surface area contributed by atoms with Crippen molar-refractivity contribution < 1.29 is 17.9 Å². The standard InChI is InChI=1S/C7H5N3O4S/c8-9-10-15(11,12)5-1-2-6-7(3-5)14-4-13-6/h1-3H,4H2. The van der Waals surface area contributed by atoms with Crippen molar-refractivity contribution in [3.63, 3.8) is 0 Å². The van der Waals surface area contributed by atoms with Crippen LogP contribution < -0.4 is 9.47 Å². The fourth-order valence-corrected chi connectivity index (χ4v) is 1.82. The fourth-order valence-electron chi connectivity index (χ4n) is 1.13. The maximum atomic E-state index is 11.3. The zero-order chi connectivity index (χ0) is 10.9. The summed E-state index contributed by atoms with van der Waals surface area (Å²) in [5, 5.41) is 0. The highest BCUT2D eigenvalue weighted by molar-refractivity contribution is 7.90. The summed E-state index contributed by atoms with van der Waals surface area (Å²) in [6.07, 6.45) is 0. The Morgan fingerprint density at radius 3 is 2.80 bits per heavy atom. The van der Waals surface area contributed by atoms with Crippen LogP contribution in [-0.4, -0.2) is 15.2 Å². The molecule has 1 aromatic carbocycles. The number of rotatable bonds is 2. The van der Waals surface area contributed by atoms with Gasteiger partial charge in [-0.25, -0.2) is 8.42 Å². The minimum Gasteiger partial charge on any atom is -0.454 e. The Hall–Kier alpha value is -1.92. The zero-order valence-electron chi connectivity index (χ0n) is 7.32. The molecule has 0 atom stereocenters. The average Bonchev–Trinajstić information content (AvgIpc) is 2.63. The van der Waals surface area contributed by atoms with Crippen molar-refractivity contribution in [3.05, 3.63) is 28.6 Å². The molecule has 0 saturated heterocycles. The summed E-state index contributed by atoms with van der Waals surface area (Å²) >= 11 is 0. The van der Waals surface area contributed by atoms with Crippen molar-refractivity contribution in [1.29, 1.82) is 0 Å². The van der Waals surface area contributed by atoms with Crippen LogP contribution in [0.15, 0.2) is 27.6 Å². The number of hydrogen-bond acceptors (Lipinski definition) is 4. The molecule has 1 aliphatic rings. The maximum absolute atomic E-state index is 11.3. The molecule has 0 N–H and O–H groups in total. The van der Waals surface area contributed by atoms with E-state index in [1.54, 1.807) is 0 Å². The maximum Gasteiger partial charge on any atom is 0.264 e. The number of fused-ring (bicyclic) bond motifs is 1. The summed E-state index contributed by atoms with van der Waals surface area (Å²) in [6, 6.07) is 3.99. The molecule has 0 radical (unpaired) electrons. The van der Waals surface area contributed by atoms with Crippen LogP contribution >= 0.6 is 0 Å². The molecule has 0 saturated carbocycles. The normalized spacial score (nSPS) is 13.3. The van der Waals surface area contributed by atoms with Crippen molar-refractivity contribution in [2.75, 3.05) is 6.79 Å². The van der Waals surface area contributed by atoms with Crippen LogP contribution in [0.5, 0.6) is 11.5 Å². The summed E-state index contributed by atoms with van der Waals surface area (Å²) in [7, 11) is -3.96. The van der Waals surface area contributed by atoms with Crippen LogP contribution in [0.3, 0.4) is 0 Å². The molecule has 1 aromatic rings. The highest BCUT2D eigenvalue weighted by atomic mass is 32.2. The number of azide groups is 1. The van der Waals surface area contributed by atoms with Crippen molar-refractivity contribution in [1.82, 2.24) is 0 Å². The predicted molar refractivity (Wildman–Crippen MR) is 48.9 cm³/mol. The molecule has 78 valence electrons. The van der Waals surface area contributed by atoms with Crippen LogP contribution in [0.4, 0.5) is 0 Å². The third-order valence-corrected chi connectivity index (χ3v) is 2.92. The van der Waals surface area contributed by atoms with Gasteiger partial charge in [-0.2, -0.15) is 0 Å². The lowest BCUT2D eigenvalue weighted by Gasteiger charge is -1.99. The van der Waals surface area contributed by atoms with E-state index in [1.165, 1.54) is 18.2 Å². The van der Waals surface area contributed by atoms with Crippen LogP contribution in [0.25, 0.3) is 10.4 Å². The Morgan fingerprint density at radius 2 is 2.07 bits per heavy atom. The summed E-state index contributed by atoms with van der Waals surface area (Å²) < 4.78 is 35.3. The molecule has 7 nitrogen and oxygen atoms in total. The summed E-state index contributed by atoms with van der Waals surface area (Å²) in [5.41, 5.74) is 8.08. The Labute approximate surface area is 84.9 Å². The van der Waals surface area contributed by atoms with E-state index in [-0.39, 0.29) is 11.7 Å². The molecule has 1 aliphatic heterocycles. The van der Waals surface area contributed by atoms with E-state index in [1.807, 2.05) is 0 Å². The summed E-state index contributed by atoms with van der Waals surface area (Å²) in [6.45, 7) is 0.0559. The van der Waals surface area contributed by atoms with Crippen molar-refractivity contribution in [2.24, 2.45) is 4.52 Å². The number of sulfonamides is 1. The highest BCUT2D eigenvalue weighted by Crippen LogP contribution is 2.34. The summed E-state index contributed by atoms with van der Waals surface area (Å²) in [4.78, 5) is 2.12. The van der Waals surface area contributed by atoms with E-state index < -0.39 is 10.0 Å². The lowest BCUT2D eigenvalue weighted by molar-refractivity contribution is 0.174. The van der Waals surface area contributed by atoms with E-state index in [9.17, 15) is 8.42 Å². The van der Waals surface area contributed by atoms with Gasteiger partial charge in [-0.05, 0) is 17.7 Å². The minimum atomic E-state index is -3.96. The van der Waals surface area contributed by atoms with Gasteiger partial charge in [-0.15, -0.1) is 0 Å². The lowest BCUT2D eigenvalue weighted by atomic mass is 10.3. The lowest BCUT2D eigenvalue weighted by Crippen LogP contribution is -1.95. The van der Waals surface area contributed by atoms with Crippen molar-refractivity contribution in [2.45, 2.75) is 4.90 Å². The quantitative estimate of drug-likeness (QED) is 0.433. The smallest absolute Gasteiger partial charge is 0.264 e. The molecule has 1 heterocycles. The number of nitrogens with zero attached hydrogens (tertiary/aromatic N) is 3. The van der Waals surface area contributed by atoms with Gasteiger partial charge in [-0.3, -0.25) is 0 Å². The van der Waals surface area contributed by atoms with Gasteiger partial charge in [0.15, 0.2) is 11.5 Å². The van der Waals surface area contributed by atoms with Gasteiger partial charge in [0.1, 0.15) is 0 Å². The number of benzene rings is 1. The van der Waals surface area contributed by atoms with Gasteiger partial charge in [0.25, 0.3) is 10.0 Å². The largest absolute Gasteiger partial charge is 0.454 e. The molecular formula is C7H5N3O4S. The van der Waals surface area contributed by atoms with Gasteiger partial charge in [0, 0.05) is 15.5 Å². The molecule has 0 spiro atoms. The highest BCUT2D eigenvalue weighted by Gasteiger charge is 2.18. The van der Waals surface area contributed by atoms with Crippen LogP contribution in [0.2, 0.25) is 0 Å². The molecule has 15 heavy (non-hydrogen) atoms. The Balaban J connectivity index is 2.52. The Kier molecular flexibility index (Phi) is 2.14. The molecule has 0 aliphatic carbocycles. The van der Waals surface area contributed by atoms with Gasteiger partial charge in [0.2, 0.25) is 6.79 Å². The third kappa shape index (κ3) is 1.67. The van der Waals surface area contributed by atoms with Gasteiger partial charge >= 0.3 is 0 Å². The molecule has 0 amide bonds. The first-order chi connectivity index (χ1) is 7.13. The Bertz CT molecular complexity index is 547. The van der Waals surface area contributed by atoms with E-state index in [0.29, 0.717) is 11.5 Å². The second-order valence-electron chi connectivity index (χ2n) is 2.66. The number of ether oxygens (including phenoxy) is 2. The van der Waals surface area contributed by atoms with E-state index >= 15 is 0 Å². The van der Waals surface area contributed by atoms with E-state index in [2.05, 4.69) is 9.43 Å². The third-order valence-electron chi connectivity index (χ3n) is 1.79. The van der Waals surface area contributed by atoms with E-state index in [4.69, 9.17) is 15.0 Å². The van der Waals surface area contributed by atoms with Gasteiger partial charge in [0.05, 0.1) is 4.90 Å². The van der Waals surface area contributed by atoms with Crippen molar-refractivity contribution >= 4 is 10.0 Å². The Morgan fingerprint density at radius 1 is 1.33 bits per heavy atom. The van der Waals surface area contributed by atoms with Crippen LogP contribution in [-0.2, 0) is 10.0 Å². The van der Waals surface area contributed by atoms with Crippen LogP contribution in [0.1, 0.15) is 0 Å². The summed E-state index contributed by atoms with van der Waals surface area (Å²) in [5.74, 6) is 0.791. The monoisotopic (exact) mass is 227 g/mol. The van der Waals surface area contributed by atoms with Gasteiger partial charge < -0.3 is 9.47 Å². The predicted octanol–water partition coefficient (Wildman–Crippen LogP) is 1.41. The molecule has 2 rings (SSSR count). The second-order valence-corrected chi connectivity index (χ2v) is 4.25. The minimum absolute atomic E-state index is 0.0559. The average molecular weight is 227 g/mol. The zero-order valence-corrected chi connectivity index (χ0v) is 8.14. The van der Waals surface area contributed by atoms with Gasteiger partial charge in [-0.1, -0.05) is 0 Å². The SMILES string of the molecule is [N-]=[N+]=NS(=O)(=O)c1ccc2c(c1)OCO2. The molecule has 0 fully saturated rings. The van der Waals surface area contributed by atoms with Crippen LogP contribution in [0, 0.1) is 0 Å². The fraction of sp³-hybridized carbons (Fsp3) is 0.143. The second kappa shape index (κ2) is 3.34. The molecule has 0 bridgehead atoms. The first-order valence-corrected chi connectivity index (χ1v) is 5.28. The number of hydrogen-bond donors (Lipinski definition) is 0. The van der Waals surface area contributed by atoms with E-state index in [0.717, 1.165) is 0 Å². The first-order valence-electron chi connectivity index (χ1n) is 3.84. The molecule has 0 aromatic heterocycles. The molecular weight excluding hydrogens is 222 g/mol. The molecule has 8 heteroatoms.